The first-order chi connectivity index (χ1) is 12.0. The number of nitrogens with zero attached hydrogens (tertiary/aromatic N) is 1. The molecule has 0 spiro atoms. The minimum absolute atomic E-state index is 0.0891. The molecule has 0 bridgehead atoms. The van der Waals surface area contributed by atoms with Gasteiger partial charge in [-0.1, -0.05) is 18.2 Å². The first-order valence-electron chi connectivity index (χ1n) is 8.32. The van der Waals surface area contributed by atoms with Crippen LogP contribution in [0.1, 0.15) is 28.8 Å². The van der Waals surface area contributed by atoms with E-state index >= 15 is 0 Å². The minimum Gasteiger partial charge on any atom is -0.507 e. The number of rotatable bonds is 4. The average molecular weight is 344 g/mol. The summed E-state index contributed by atoms with van der Waals surface area (Å²) in [6.07, 6.45) is 0.971. The van der Waals surface area contributed by atoms with Crippen molar-refractivity contribution in [2.24, 2.45) is 0 Å². The maximum atomic E-state index is 14.4. The van der Waals surface area contributed by atoms with E-state index in [0.29, 0.717) is 37.2 Å². The maximum Gasteiger partial charge on any atom is 0.255 e. The van der Waals surface area contributed by atoms with Gasteiger partial charge in [-0.05, 0) is 42.7 Å². The standard InChI is InChI=1S/C19H21FN2O3/c20-16-11-13(5-6-17(16)22-9-7-14(23)8-10-22)12-21-19(25)15-3-1-2-4-18(15)24/h1-6,11,14,23-24H,7-10,12H2,(H,21,25). The van der Waals surface area contributed by atoms with E-state index in [2.05, 4.69) is 5.32 Å². The zero-order valence-electron chi connectivity index (χ0n) is 13.8. The van der Waals surface area contributed by atoms with Crippen LogP contribution in [0.25, 0.3) is 0 Å². The Labute approximate surface area is 145 Å². The van der Waals surface area contributed by atoms with Gasteiger partial charge in [0, 0.05) is 19.6 Å². The molecule has 132 valence electrons. The van der Waals surface area contributed by atoms with Gasteiger partial charge in [0.05, 0.1) is 17.4 Å². The van der Waals surface area contributed by atoms with E-state index in [-0.39, 0.29) is 29.8 Å². The number of carbonyl (C=O) groups excluding carboxylic acids is 1. The molecule has 1 fully saturated rings. The SMILES string of the molecule is O=C(NCc1ccc(N2CCC(O)CC2)c(F)c1)c1ccccc1O. The van der Waals surface area contributed by atoms with Crippen LogP contribution >= 0.6 is 0 Å². The van der Waals surface area contributed by atoms with Crippen molar-refractivity contribution in [1.82, 2.24) is 5.32 Å². The second-order valence-electron chi connectivity index (χ2n) is 6.20. The van der Waals surface area contributed by atoms with Gasteiger partial charge in [0.15, 0.2) is 0 Å². The van der Waals surface area contributed by atoms with Crippen molar-refractivity contribution >= 4 is 11.6 Å². The molecule has 25 heavy (non-hydrogen) atoms. The molecule has 6 heteroatoms. The summed E-state index contributed by atoms with van der Waals surface area (Å²) in [7, 11) is 0. The van der Waals surface area contributed by atoms with Gasteiger partial charge < -0.3 is 20.4 Å². The van der Waals surface area contributed by atoms with Crippen LogP contribution in [0.4, 0.5) is 10.1 Å². The second-order valence-corrected chi connectivity index (χ2v) is 6.20. The van der Waals surface area contributed by atoms with E-state index in [1.807, 2.05) is 4.90 Å². The van der Waals surface area contributed by atoms with E-state index in [0.717, 1.165) is 0 Å². The topological polar surface area (TPSA) is 72.8 Å². The first-order valence-corrected chi connectivity index (χ1v) is 8.32. The number of benzene rings is 2. The zero-order valence-corrected chi connectivity index (χ0v) is 13.8. The van der Waals surface area contributed by atoms with Crippen LogP contribution in [0, 0.1) is 5.82 Å². The van der Waals surface area contributed by atoms with Crippen molar-refractivity contribution in [2.75, 3.05) is 18.0 Å². The predicted molar refractivity (Wildman–Crippen MR) is 93.1 cm³/mol. The Morgan fingerprint density at radius 3 is 2.60 bits per heavy atom. The lowest BCUT2D eigenvalue weighted by Gasteiger charge is -2.31. The molecule has 1 heterocycles. The molecule has 1 aliphatic rings. The van der Waals surface area contributed by atoms with Crippen LogP contribution in [0.5, 0.6) is 5.75 Å². The van der Waals surface area contributed by atoms with Gasteiger partial charge >= 0.3 is 0 Å². The molecular weight excluding hydrogens is 323 g/mol. The van der Waals surface area contributed by atoms with Gasteiger partial charge in [-0.3, -0.25) is 4.79 Å². The van der Waals surface area contributed by atoms with Gasteiger partial charge in [0.2, 0.25) is 0 Å². The molecule has 0 aromatic heterocycles. The maximum absolute atomic E-state index is 14.4. The lowest BCUT2D eigenvalue weighted by Crippen LogP contribution is -2.36. The summed E-state index contributed by atoms with van der Waals surface area (Å²) in [4.78, 5) is 14.0. The number of nitrogens with one attached hydrogen (secondary N) is 1. The highest BCUT2D eigenvalue weighted by molar-refractivity contribution is 5.96. The molecule has 1 amide bonds. The second kappa shape index (κ2) is 7.53. The van der Waals surface area contributed by atoms with Gasteiger partial charge in [-0.15, -0.1) is 0 Å². The Morgan fingerprint density at radius 1 is 1.20 bits per heavy atom. The third-order valence-corrected chi connectivity index (χ3v) is 4.42. The highest BCUT2D eigenvalue weighted by atomic mass is 19.1. The molecular formula is C19H21FN2O3. The summed E-state index contributed by atoms with van der Waals surface area (Å²) < 4.78 is 14.4. The number of halogens is 1. The normalized spacial score (nSPS) is 15.2. The average Bonchev–Trinajstić information content (AvgIpc) is 2.61. The van der Waals surface area contributed by atoms with Crippen LogP contribution in [0.3, 0.4) is 0 Å². The predicted octanol–water partition coefficient (Wildman–Crippen LogP) is 2.42. The van der Waals surface area contributed by atoms with Crippen molar-refractivity contribution < 1.29 is 19.4 Å². The van der Waals surface area contributed by atoms with Crippen molar-refractivity contribution in [3.8, 4) is 5.75 Å². The molecule has 0 saturated carbocycles. The Bertz CT molecular complexity index is 758. The highest BCUT2D eigenvalue weighted by Crippen LogP contribution is 2.24. The number of aromatic hydroxyl groups is 1. The van der Waals surface area contributed by atoms with Crippen LogP contribution in [-0.2, 0) is 6.54 Å². The Morgan fingerprint density at radius 2 is 1.92 bits per heavy atom. The van der Waals surface area contributed by atoms with Crippen LogP contribution in [-0.4, -0.2) is 35.3 Å². The third-order valence-electron chi connectivity index (χ3n) is 4.42. The molecule has 0 unspecified atom stereocenters. The monoisotopic (exact) mass is 344 g/mol. The number of anilines is 1. The largest absolute Gasteiger partial charge is 0.507 e. The van der Waals surface area contributed by atoms with Crippen molar-refractivity contribution in [3.63, 3.8) is 0 Å². The number of para-hydroxylation sites is 1. The summed E-state index contributed by atoms with van der Waals surface area (Å²) in [6.45, 7) is 1.42. The number of piperidine rings is 1. The van der Waals surface area contributed by atoms with E-state index in [1.165, 1.54) is 18.2 Å². The van der Waals surface area contributed by atoms with Gasteiger partial charge in [0.25, 0.3) is 5.91 Å². The third kappa shape index (κ3) is 4.09. The Balaban J connectivity index is 1.63. The summed E-state index contributed by atoms with van der Waals surface area (Å²) >= 11 is 0. The number of carbonyl (C=O) groups is 1. The fraction of sp³-hybridized carbons (Fsp3) is 0.316. The minimum atomic E-state index is -0.410. The van der Waals surface area contributed by atoms with Crippen molar-refractivity contribution in [3.05, 3.63) is 59.4 Å². The smallest absolute Gasteiger partial charge is 0.255 e. The first kappa shape index (κ1) is 17.2. The molecule has 0 atom stereocenters. The summed E-state index contributed by atoms with van der Waals surface area (Å²) in [5.41, 5.74) is 1.34. The molecule has 1 aliphatic heterocycles. The quantitative estimate of drug-likeness (QED) is 0.796. The number of aliphatic hydroxyl groups excluding tert-OH is 1. The molecule has 0 radical (unpaired) electrons. The number of amides is 1. The van der Waals surface area contributed by atoms with E-state index in [4.69, 9.17) is 0 Å². The summed E-state index contributed by atoms with van der Waals surface area (Å²) in [6, 6.07) is 11.2. The highest BCUT2D eigenvalue weighted by Gasteiger charge is 2.19. The fourth-order valence-corrected chi connectivity index (χ4v) is 2.97. The van der Waals surface area contributed by atoms with Crippen molar-refractivity contribution in [2.45, 2.75) is 25.5 Å². The molecule has 3 N–H and O–H groups in total. The van der Waals surface area contributed by atoms with E-state index in [1.54, 1.807) is 24.3 Å². The molecule has 3 rings (SSSR count). The van der Waals surface area contributed by atoms with Gasteiger partial charge in [0.1, 0.15) is 11.6 Å². The number of phenolic OH excluding ortho intramolecular Hbond substituents is 1. The molecule has 5 nitrogen and oxygen atoms in total. The summed E-state index contributed by atoms with van der Waals surface area (Å²) in [5, 5.41) is 21.9. The van der Waals surface area contributed by atoms with Crippen LogP contribution in [0.2, 0.25) is 0 Å². The molecule has 2 aromatic carbocycles. The Hall–Kier alpha value is -2.60. The zero-order chi connectivity index (χ0) is 17.8. The summed E-state index contributed by atoms with van der Waals surface area (Å²) in [5.74, 6) is -0.841. The number of hydrogen-bond acceptors (Lipinski definition) is 4. The van der Waals surface area contributed by atoms with Crippen molar-refractivity contribution in [1.29, 1.82) is 0 Å². The van der Waals surface area contributed by atoms with Crippen LogP contribution < -0.4 is 10.2 Å². The van der Waals surface area contributed by atoms with Gasteiger partial charge in [-0.2, -0.15) is 0 Å². The molecule has 0 aliphatic carbocycles. The number of aliphatic hydroxyl groups is 1. The Kier molecular flexibility index (Phi) is 5.19. The van der Waals surface area contributed by atoms with E-state index in [9.17, 15) is 19.4 Å². The van der Waals surface area contributed by atoms with Gasteiger partial charge in [-0.25, -0.2) is 4.39 Å². The lowest BCUT2D eigenvalue weighted by molar-refractivity contribution is 0.0948. The number of phenols is 1. The number of hydrogen-bond donors (Lipinski definition) is 3. The van der Waals surface area contributed by atoms with Crippen LogP contribution in [0.15, 0.2) is 42.5 Å². The fourth-order valence-electron chi connectivity index (χ4n) is 2.97. The lowest BCUT2D eigenvalue weighted by atomic mass is 10.1. The molecule has 2 aromatic rings. The van der Waals surface area contributed by atoms with E-state index < -0.39 is 5.91 Å². The molecule has 1 saturated heterocycles.